The summed E-state index contributed by atoms with van der Waals surface area (Å²) in [7, 11) is 0. The van der Waals surface area contributed by atoms with Crippen molar-refractivity contribution in [1.82, 2.24) is 14.8 Å². The Morgan fingerprint density at radius 3 is 2.41 bits per heavy atom. The molecule has 1 fully saturated rings. The number of ether oxygens (including phenoxy) is 1. The van der Waals surface area contributed by atoms with Crippen LogP contribution in [0.2, 0.25) is 0 Å². The fourth-order valence-corrected chi connectivity index (χ4v) is 4.57. The molecule has 4 rings (SSSR count). The molecule has 2 aromatic carbocycles. The van der Waals surface area contributed by atoms with Crippen LogP contribution in [0.1, 0.15) is 31.0 Å². The smallest absolute Gasteiger partial charge is 0.129 e. The summed E-state index contributed by atoms with van der Waals surface area (Å²) in [4.78, 5) is 9.37. The zero-order valence-electron chi connectivity index (χ0n) is 20.2. The quantitative estimate of drug-likeness (QED) is 0.503. The molecule has 0 spiro atoms. The predicted octanol–water partition coefficient (Wildman–Crippen LogP) is 4.01. The molecule has 6 heteroatoms. The lowest BCUT2D eigenvalue weighted by Gasteiger charge is -2.39. The van der Waals surface area contributed by atoms with E-state index in [9.17, 15) is 5.11 Å². The van der Waals surface area contributed by atoms with Gasteiger partial charge in [0.25, 0.3) is 0 Å². The third-order valence-corrected chi connectivity index (χ3v) is 6.38. The molecule has 180 valence electrons. The number of nitrogens with zero attached hydrogens (tertiary/aromatic N) is 3. The van der Waals surface area contributed by atoms with Crippen molar-refractivity contribution in [2.45, 2.75) is 32.4 Å². The number of aromatic nitrogens is 1. The SMILES string of the molecule is CC(C)Oc1cc(C(CO)N2CCN(CCc3ccccc3)CC2)ccc1-c1cccc(N)n1. The van der Waals surface area contributed by atoms with Gasteiger partial charge in [-0.3, -0.25) is 4.90 Å². The van der Waals surface area contributed by atoms with Crippen molar-refractivity contribution in [1.29, 1.82) is 0 Å². The number of aliphatic hydroxyl groups is 1. The van der Waals surface area contributed by atoms with Crippen LogP contribution in [0.4, 0.5) is 5.82 Å². The largest absolute Gasteiger partial charge is 0.490 e. The Morgan fingerprint density at radius 1 is 0.971 bits per heavy atom. The second-order valence-electron chi connectivity index (χ2n) is 9.18. The summed E-state index contributed by atoms with van der Waals surface area (Å²) < 4.78 is 6.16. The van der Waals surface area contributed by atoms with Crippen LogP contribution in [0.3, 0.4) is 0 Å². The molecule has 34 heavy (non-hydrogen) atoms. The van der Waals surface area contributed by atoms with Gasteiger partial charge in [0.1, 0.15) is 11.6 Å². The maximum absolute atomic E-state index is 10.3. The van der Waals surface area contributed by atoms with Crippen molar-refractivity contribution in [2.24, 2.45) is 0 Å². The van der Waals surface area contributed by atoms with E-state index in [0.29, 0.717) is 5.82 Å². The lowest BCUT2D eigenvalue weighted by Crippen LogP contribution is -2.48. The Bertz CT molecular complexity index is 1050. The van der Waals surface area contributed by atoms with Crippen molar-refractivity contribution in [3.63, 3.8) is 0 Å². The molecule has 1 aromatic heterocycles. The van der Waals surface area contributed by atoms with Crippen LogP contribution in [0.5, 0.6) is 5.75 Å². The van der Waals surface area contributed by atoms with Crippen molar-refractivity contribution >= 4 is 5.82 Å². The topological polar surface area (TPSA) is 74.9 Å². The summed E-state index contributed by atoms with van der Waals surface area (Å²) in [5.41, 5.74) is 10.0. The second kappa shape index (κ2) is 11.5. The first-order chi connectivity index (χ1) is 16.5. The number of aliphatic hydroxyl groups excluding tert-OH is 1. The minimum atomic E-state index is -0.0614. The summed E-state index contributed by atoms with van der Waals surface area (Å²) in [6, 6.07) is 22.4. The number of anilines is 1. The fourth-order valence-electron chi connectivity index (χ4n) is 4.57. The van der Waals surface area contributed by atoms with E-state index in [2.05, 4.69) is 57.2 Å². The number of hydrogen-bond donors (Lipinski definition) is 2. The monoisotopic (exact) mass is 460 g/mol. The first kappa shape index (κ1) is 24.2. The van der Waals surface area contributed by atoms with Crippen molar-refractivity contribution < 1.29 is 9.84 Å². The zero-order chi connectivity index (χ0) is 23.9. The summed E-state index contributed by atoms with van der Waals surface area (Å²) in [5.74, 6) is 1.25. The summed E-state index contributed by atoms with van der Waals surface area (Å²) in [5, 5.41) is 10.3. The van der Waals surface area contributed by atoms with Crippen molar-refractivity contribution in [3.05, 3.63) is 77.9 Å². The summed E-state index contributed by atoms with van der Waals surface area (Å²) in [6.07, 6.45) is 1.09. The van der Waals surface area contributed by atoms with Gasteiger partial charge in [0.2, 0.25) is 0 Å². The van der Waals surface area contributed by atoms with Crippen molar-refractivity contribution in [2.75, 3.05) is 45.1 Å². The number of nitrogen functional groups attached to an aromatic ring is 1. The van der Waals surface area contributed by atoms with Crippen LogP contribution in [0, 0.1) is 0 Å². The molecule has 6 nitrogen and oxygen atoms in total. The van der Waals surface area contributed by atoms with E-state index < -0.39 is 0 Å². The van der Waals surface area contributed by atoms with Gasteiger partial charge in [-0.25, -0.2) is 4.98 Å². The fraction of sp³-hybridized carbons (Fsp3) is 0.393. The van der Waals surface area contributed by atoms with Gasteiger partial charge in [-0.1, -0.05) is 42.5 Å². The Hall–Kier alpha value is -2.93. The molecule has 0 aliphatic carbocycles. The molecule has 1 atom stereocenters. The Kier molecular flexibility index (Phi) is 8.16. The average molecular weight is 461 g/mol. The average Bonchev–Trinajstić information content (AvgIpc) is 2.84. The van der Waals surface area contributed by atoms with Crippen LogP contribution in [-0.2, 0) is 6.42 Å². The molecule has 1 aliphatic heterocycles. The van der Waals surface area contributed by atoms with Crippen LogP contribution in [-0.4, -0.2) is 65.3 Å². The highest BCUT2D eigenvalue weighted by molar-refractivity contribution is 5.69. The molecule has 0 saturated carbocycles. The Labute approximate surface area is 203 Å². The molecule has 1 aliphatic rings. The molecule has 0 radical (unpaired) electrons. The zero-order valence-corrected chi connectivity index (χ0v) is 20.2. The normalized spacial score (nSPS) is 16.0. The minimum Gasteiger partial charge on any atom is -0.490 e. The molecule has 3 N–H and O–H groups in total. The van der Waals surface area contributed by atoms with E-state index in [1.54, 1.807) is 6.07 Å². The van der Waals surface area contributed by atoms with Crippen molar-refractivity contribution in [3.8, 4) is 17.0 Å². The van der Waals surface area contributed by atoms with Gasteiger partial charge in [-0.15, -0.1) is 0 Å². The van der Waals surface area contributed by atoms with E-state index in [4.69, 9.17) is 10.5 Å². The van der Waals surface area contributed by atoms with Gasteiger partial charge in [0.05, 0.1) is 24.4 Å². The van der Waals surface area contributed by atoms with Crippen LogP contribution >= 0.6 is 0 Å². The van der Waals surface area contributed by atoms with Gasteiger partial charge < -0.3 is 20.5 Å². The van der Waals surface area contributed by atoms with Gasteiger partial charge >= 0.3 is 0 Å². The van der Waals surface area contributed by atoms with E-state index in [-0.39, 0.29) is 18.8 Å². The molecule has 3 aromatic rings. The van der Waals surface area contributed by atoms with Crippen LogP contribution in [0.15, 0.2) is 66.7 Å². The number of piperazine rings is 1. The lowest BCUT2D eigenvalue weighted by molar-refractivity contribution is 0.0654. The van der Waals surface area contributed by atoms with Crippen LogP contribution < -0.4 is 10.5 Å². The van der Waals surface area contributed by atoms with Gasteiger partial charge in [-0.05, 0) is 55.7 Å². The number of rotatable bonds is 9. The number of benzene rings is 2. The molecule has 1 unspecified atom stereocenters. The van der Waals surface area contributed by atoms with E-state index >= 15 is 0 Å². The van der Waals surface area contributed by atoms with E-state index in [1.165, 1.54) is 5.56 Å². The summed E-state index contributed by atoms with van der Waals surface area (Å²) in [6.45, 7) is 9.03. The first-order valence-corrected chi connectivity index (χ1v) is 12.2. The molecule has 1 saturated heterocycles. The predicted molar refractivity (Wildman–Crippen MR) is 138 cm³/mol. The van der Waals surface area contributed by atoms with Gasteiger partial charge in [0, 0.05) is 38.3 Å². The third-order valence-electron chi connectivity index (χ3n) is 6.38. The van der Waals surface area contributed by atoms with Gasteiger partial charge in [-0.2, -0.15) is 0 Å². The first-order valence-electron chi connectivity index (χ1n) is 12.2. The minimum absolute atomic E-state index is 0.0239. The summed E-state index contributed by atoms with van der Waals surface area (Å²) >= 11 is 0. The highest BCUT2D eigenvalue weighted by Crippen LogP contribution is 2.34. The Morgan fingerprint density at radius 2 is 1.74 bits per heavy atom. The Balaban J connectivity index is 1.45. The molecular formula is C28H36N4O2. The van der Waals surface area contributed by atoms with E-state index in [1.807, 2.05) is 32.0 Å². The standard InChI is InChI=1S/C28H36N4O2/c1-21(2)34-27-19-23(11-12-24(27)25-9-6-10-28(29)30-25)26(20-33)32-17-15-31(16-18-32)14-13-22-7-4-3-5-8-22/h3-12,19,21,26,33H,13-18,20H2,1-2H3,(H2,29,30). The number of pyridine rings is 1. The second-order valence-corrected chi connectivity index (χ2v) is 9.18. The van der Waals surface area contributed by atoms with Crippen LogP contribution in [0.25, 0.3) is 11.3 Å². The third kappa shape index (κ3) is 6.14. The lowest BCUT2D eigenvalue weighted by atomic mass is 10.0. The maximum atomic E-state index is 10.3. The number of nitrogens with two attached hydrogens (primary N) is 1. The van der Waals surface area contributed by atoms with E-state index in [0.717, 1.165) is 61.7 Å². The molecule has 0 amide bonds. The van der Waals surface area contributed by atoms with Gasteiger partial charge in [0.15, 0.2) is 0 Å². The molecule has 2 heterocycles. The highest BCUT2D eigenvalue weighted by atomic mass is 16.5. The maximum Gasteiger partial charge on any atom is 0.129 e. The molecular weight excluding hydrogens is 424 g/mol. The molecule has 0 bridgehead atoms. The number of hydrogen-bond acceptors (Lipinski definition) is 6. The highest BCUT2D eigenvalue weighted by Gasteiger charge is 2.25.